The molecule has 1 nitrogen and oxygen atoms in total. The average Bonchev–Trinajstić information content (AvgIpc) is 2.93. The first kappa shape index (κ1) is 17.5. The molecule has 4 rings (SSSR count). The molecule has 0 aliphatic heterocycles. The summed E-state index contributed by atoms with van der Waals surface area (Å²) in [6.45, 7) is 8.42. The number of rotatable bonds is 5. The van der Waals surface area contributed by atoms with Crippen LogP contribution in [0.25, 0.3) is 22.3 Å². The van der Waals surface area contributed by atoms with E-state index in [9.17, 15) is 0 Å². The van der Waals surface area contributed by atoms with Gasteiger partial charge < -0.3 is 0 Å². The first-order valence-corrected chi connectivity index (χ1v) is 9.57. The van der Waals surface area contributed by atoms with Gasteiger partial charge in [-0.2, -0.15) is 0 Å². The molecule has 0 radical (unpaired) electrons. The lowest BCUT2D eigenvalue weighted by molar-refractivity contribution is 0.659. The second kappa shape index (κ2) is 7.00. The Morgan fingerprint density at radius 2 is 1.59 bits per heavy atom. The minimum atomic E-state index is 0.0146. The summed E-state index contributed by atoms with van der Waals surface area (Å²) >= 11 is 0. The number of pyridine rings is 1. The molecule has 1 heterocycles. The highest BCUT2D eigenvalue weighted by Gasteiger charge is 2.35. The van der Waals surface area contributed by atoms with Crippen molar-refractivity contribution in [1.82, 2.24) is 4.98 Å². The van der Waals surface area contributed by atoms with E-state index < -0.39 is 0 Å². The third-order valence-electron chi connectivity index (χ3n) is 5.63. The van der Waals surface area contributed by atoms with Crippen LogP contribution in [0.5, 0.6) is 0 Å². The fraction of sp³-hybridized carbons (Fsp3) is 0.192. The summed E-state index contributed by atoms with van der Waals surface area (Å²) in [6, 6.07) is 18.0. The van der Waals surface area contributed by atoms with Crippen LogP contribution in [0.4, 0.5) is 0 Å². The minimum absolute atomic E-state index is 0.0146. The van der Waals surface area contributed by atoms with E-state index in [2.05, 4.69) is 80.0 Å². The maximum atomic E-state index is 4.14. The number of hydrogen-bond donors (Lipinski definition) is 0. The summed E-state index contributed by atoms with van der Waals surface area (Å²) < 4.78 is 0. The molecule has 2 aromatic carbocycles. The van der Waals surface area contributed by atoms with E-state index in [0.717, 1.165) is 12.8 Å². The molecule has 0 spiro atoms. The highest BCUT2D eigenvalue weighted by Crippen LogP contribution is 2.49. The van der Waals surface area contributed by atoms with Crippen LogP contribution < -0.4 is 0 Å². The standard InChI is InChI=1S/C26H25N/c1-4-5-6-7-8-19-9-11-22-23-12-10-21(20-13-15-27-16-14-20)18-25(23)26(2,3)24(22)17-19/h4-6,9-18H,1,7-8H2,2-3H3/b6-5-. The monoisotopic (exact) mass is 351 g/mol. The maximum absolute atomic E-state index is 4.14. The number of aryl methyl sites for hydroxylation is 1. The van der Waals surface area contributed by atoms with Gasteiger partial charge >= 0.3 is 0 Å². The van der Waals surface area contributed by atoms with Gasteiger partial charge in [0.2, 0.25) is 0 Å². The molecule has 0 saturated carbocycles. The largest absolute Gasteiger partial charge is 0.265 e. The van der Waals surface area contributed by atoms with Gasteiger partial charge in [-0.25, -0.2) is 0 Å². The highest BCUT2D eigenvalue weighted by molar-refractivity contribution is 5.83. The summed E-state index contributed by atoms with van der Waals surface area (Å²) in [6.07, 6.45) is 11.9. The van der Waals surface area contributed by atoms with Crippen LogP contribution in [0.1, 0.15) is 37.0 Å². The summed E-state index contributed by atoms with van der Waals surface area (Å²) in [4.78, 5) is 4.14. The van der Waals surface area contributed by atoms with Gasteiger partial charge in [0, 0.05) is 17.8 Å². The van der Waals surface area contributed by atoms with Gasteiger partial charge in [-0.15, -0.1) is 0 Å². The number of benzene rings is 2. The first-order valence-electron chi connectivity index (χ1n) is 9.57. The molecule has 0 N–H and O–H groups in total. The van der Waals surface area contributed by atoms with Crippen molar-refractivity contribution in [3.05, 3.63) is 102 Å². The third kappa shape index (κ3) is 3.14. The minimum Gasteiger partial charge on any atom is -0.265 e. The lowest BCUT2D eigenvalue weighted by Gasteiger charge is -2.22. The fourth-order valence-corrected chi connectivity index (χ4v) is 4.11. The molecule has 1 aliphatic rings. The van der Waals surface area contributed by atoms with Crippen LogP contribution in [0, 0.1) is 0 Å². The molecule has 0 unspecified atom stereocenters. The van der Waals surface area contributed by atoms with Crippen molar-refractivity contribution in [1.29, 1.82) is 0 Å². The SMILES string of the molecule is C=C/C=C\CCc1ccc2c(c1)C(C)(C)c1cc(-c3ccncc3)ccc1-2. The van der Waals surface area contributed by atoms with Crippen LogP contribution in [0.3, 0.4) is 0 Å². The fourth-order valence-electron chi connectivity index (χ4n) is 4.11. The van der Waals surface area contributed by atoms with E-state index in [4.69, 9.17) is 0 Å². The molecule has 1 aliphatic carbocycles. The van der Waals surface area contributed by atoms with E-state index in [1.165, 1.54) is 38.9 Å². The molecule has 27 heavy (non-hydrogen) atoms. The molecular formula is C26H25N. The molecule has 0 bridgehead atoms. The second-order valence-electron chi connectivity index (χ2n) is 7.70. The van der Waals surface area contributed by atoms with Gasteiger partial charge in [-0.3, -0.25) is 4.98 Å². The Labute approximate surface area is 162 Å². The number of fused-ring (bicyclic) bond motifs is 3. The number of aromatic nitrogens is 1. The zero-order valence-electron chi connectivity index (χ0n) is 16.1. The van der Waals surface area contributed by atoms with Crippen molar-refractivity contribution < 1.29 is 0 Å². The van der Waals surface area contributed by atoms with Gasteiger partial charge in [0.05, 0.1) is 0 Å². The Morgan fingerprint density at radius 3 is 2.33 bits per heavy atom. The van der Waals surface area contributed by atoms with Crippen molar-refractivity contribution in [3.63, 3.8) is 0 Å². The summed E-state index contributed by atoms with van der Waals surface area (Å²) in [5.74, 6) is 0. The van der Waals surface area contributed by atoms with Gasteiger partial charge in [0.1, 0.15) is 0 Å². The normalized spacial score (nSPS) is 14.1. The molecule has 0 amide bonds. The predicted octanol–water partition coefficient (Wildman–Crippen LogP) is 6.73. The molecule has 1 heteroatoms. The van der Waals surface area contributed by atoms with Crippen molar-refractivity contribution in [2.75, 3.05) is 0 Å². The van der Waals surface area contributed by atoms with Crippen LogP contribution in [0.15, 0.2) is 85.7 Å². The van der Waals surface area contributed by atoms with Crippen LogP contribution in [-0.2, 0) is 11.8 Å². The highest BCUT2D eigenvalue weighted by atomic mass is 14.6. The molecule has 134 valence electrons. The Kier molecular flexibility index (Phi) is 4.53. The molecule has 3 aromatic rings. The molecule has 1 aromatic heterocycles. The third-order valence-corrected chi connectivity index (χ3v) is 5.63. The molecule has 0 saturated heterocycles. The lowest BCUT2D eigenvalue weighted by atomic mass is 9.81. The van der Waals surface area contributed by atoms with Crippen LogP contribution in [0.2, 0.25) is 0 Å². The maximum Gasteiger partial charge on any atom is 0.0273 e. The Hall–Kier alpha value is -2.93. The van der Waals surface area contributed by atoms with E-state index in [-0.39, 0.29) is 5.41 Å². The van der Waals surface area contributed by atoms with Gasteiger partial charge in [0.15, 0.2) is 0 Å². The number of allylic oxidation sites excluding steroid dienone is 3. The Bertz CT molecular complexity index is 1010. The molecule has 0 fully saturated rings. The van der Waals surface area contributed by atoms with E-state index >= 15 is 0 Å². The van der Waals surface area contributed by atoms with Gasteiger partial charge in [0.25, 0.3) is 0 Å². The van der Waals surface area contributed by atoms with Crippen molar-refractivity contribution >= 4 is 0 Å². The molecular weight excluding hydrogens is 326 g/mol. The van der Waals surface area contributed by atoms with Crippen molar-refractivity contribution in [3.8, 4) is 22.3 Å². The van der Waals surface area contributed by atoms with Crippen molar-refractivity contribution in [2.45, 2.75) is 32.1 Å². The zero-order valence-corrected chi connectivity index (χ0v) is 16.1. The predicted molar refractivity (Wildman–Crippen MR) is 115 cm³/mol. The average molecular weight is 351 g/mol. The smallest absolute Gasteiger partial charge is 0.0273 e. The van der Waals surface area contributed by atoms with E-state index in [0.29, 0.717) is 0 Å². The number of hydrogen-bond acceptors (Lipinski definition) is 1. The summed E-state index contributed by atoms with van der Waals surface area (Å²) in [7, 11) is 0. The number of nitrogens with zero attached hydrogens (tertiary/aromatic N) is 1. The van der Waals surface area contributed by atoms with E-state index in [1.807, 2.05) is 24.5 Å². The Morgan fingerprint density at radius 1 is 0.889 bits per heavy atom. The second-order valence-corrected chi connectivity index (χ2v) is 7.70. The zero-order chi connectivity index (χ0) is 18.9. The van der Waals surface area contributed by atoms with E-state index in [1.54, 1.807) is 0 Å². The quantitative estimate of drug-likeness (QED) is 0.464. The van der Waals surface area contributed by atoms with Crippen molar-refractivity contribution in [2.24, 2.45) is 0 Å². The van der Waals surface area contributed by atoms with Gasteiger partial charge in [-0.1, -0.05) is 69.0 Å². The van der Waals surface area contributed by atoms with Crippen LogP contribution in [-0.4, -0.2) is 4.98 Å². The Balaban J connectivity index is 1.71. The first-order chi connectivity index (χ1) is 13.1. The van der Waals surface area contributed by atoms with Crippen LogP contribution >= 0.6 is 0 Å². The topological polar surface area (TPSA) is 12.9 Å². The summed E-state index contributed by atoms with van der Waals surface area (Å²) in [5.41, 5.74) is 9.48. The summed E-state index contributed by atoms with van der Waals surface area (Å²) in [5, 5.41) is 0. The molecule has 0 atom stereocenters. The lowest BCUT2D eigenvalue weighted by Crippen LogP contribution is -2.15. The van der Waals surface area contributed by atoms with Gasteiger partial charge in [-0.05, 0) is 70.0 Å².